The zero-order chi connectivity index (χ0) is 15.3. The summed E-state index contributed by atoms with van der Waals surface area (Å²) >= 11 is 3.40. The molecule has 3 rings (SSSR count). The van der Waals surface area contributed by atoms with Crippen molar-refractivity contribution in [1.29, 1.82) is 0 Å². The van der Waals surface area contributed by atoms with Crippen molar-refractivity contribution in [3.8, 4) is 11.5 Å². The van der Waals surface area contributed by atoms with Crippen LogP contribution in [-0.4, -0.2) is 29.4 Å². The number of hydrogen-bond acceptors (Lipinski definition) is 4. The first kappa shape index (κ1) is 13.9. The summed E-state index contributed by atoms with van der Waals surface area (Å²) in [6.45, 7) is 2.10. The second-order valence-corrected chi connectivity index (χ2v) is 5.65. The number of hydrogen-bond donors (Lipinski definition) is 1. The molecule has 0 saturated heterocycles. The fraction of sp³-hybridized carbons (Fsp3) is 0.286. The third-order valence-electron chi connectivity index (χ3n) is 3.54. The first-order valence-corrected chi connectivity index (χ1v) is 7.06. The van der Waals surface area contributed by atoms with Crippen LogP contribution in [0.2, 0.25) is 0 Å². The minimum atomic E-state index is -1.24. The number of aromatic nitrogens is 1. The minimum absolute atomic E-state index is 0.243. The van der Waals surface area contributed by atoms with Gasteiger partial charge >= 0.3 is 5.97 Å². The Kier molecular flexibility index (Phi) is 3.16. The number of carboxylic acids is 1. The van der Waals surface area contributed by atoms with Gasteiger partial charge < -0.3 is 14.6 Å². The van der Waals surface area contributed by atoms with E-state index in [0.29, 0.717) is 26.9 Å². The predicted molar refractivity (Wildman–Crippen MR) is 79.6 cm³/mol. The van der Waals surface area contributed by atoms with Gasteiger partial charge in [0.05, 0.1) is 18.7 Å². The number of carbonyl (C=O) groups is 1. The van der Waals surface area contributed by atoms with Gasteiger partial charge in [-0.25, -0.2) is 4.79 Å². The molecule has 21 heavy (non-hydrogen) atoms. The molecule has 2 aromatic rings. The maximum absolute atomic E-state index is 12.4. The molecule has 0 bridgehead atoms. The number of benzene rings is 1. The van der Waals surface area contributed by atoms with Crippen molar-refractivity contribution in [3.63, 3.8) is 0 Å². The van der Waals surface area contributed by atoms with Crippen LogP contribution >= 0.6 is 15.9 Å². The van der Waals surface area contributed by atoms with Gasteiger partial charge in [0.15, 0.2) is 5.75 Å². The average Bonchev–Trinajstić information content (AvgIpc) is 2.45. The van der Waals surface area contributed by atoms with Gasteiger partial charge in [-0.05, 0) is 35.0 Å². The van der Waals surface area contributed by atoms with Crippen LogP contribution < -0.4 is 15.0 Å². The van der Waals surface area contributed by atoms with Crippen LogP contribution in [0.25, 0.3) is 10.9 Å². The van der Waals surface area contributed by atoms with E-state index in [1.165, 1.54) is 17.7 Å². The summed E-state index contributed by atoms with van der Waals surface area (Å²) in [4.78, 5) is 23.7. The maximum Gasteiger partial charge on any atom is 0.341 e. The second kappa shape index (κ2) is 4.77. The highest BCUT2D eigenvalue weighted by atomic mass is 79.9. The summed E-state index contributed by atoms with van der Waals surface area (Å²) in [5.74, 6) is -0.224. The Bertz CT molecular complexity index is 826. The number of ether oxygens (including phenoxy) is 2. The van der Waals surface area contributed by atoms with Crippen molar-refractivity contribution in [2.75, 3.05) is 13.7 Å². The van der Waals surface area contributed by atoms with Crippen molar-refractivity contribution in [3.05, 3.63) is 32.5 Å². The maximum atomic E-state index is 12.4. The minimum Gasteiger partial charge on any atom is -0.495 e. The van der Waals surface area contributed by atoms with Gasteiger partial charge in [-0.2, -0.15) is 0 Å². The van der Waals surface area contributed by atoms with E-state index in [1.54, 1.807) is 6.07 Å². The molecule has 7 heteroatoms. The Morgan fingerprint density at radius 1 is 1.52 bits per heavy atom. The van der Waals surface area contributed by atoms with Gasteiger partial charge in [-0.15, -0.1) is 0 Å². The van der Waals surface area contributed by atoms with Gasteiger partial charge in [0.25, 0.3) is 5.56 Å². The quantitative estimate of drug-likeness (QED) is 0.896. The largest absolute Gasteiger partial charge is 0.495 e. The Balaban J connectivity index is 2.54. The van der Waals surface area contributed by atoms with Gasteiger partial charge in [-0.1, -0.05) is 0 Å². The fourth-order valence-electron chi connectivity index (χ4n) is 2.56. The van der Waals surface area contributed by atoms with Crippen molar-refractivity contribution < 1.29 is 19.4 Å². The van der Waals surface area contributed by atoms with Gasteiger partial charge in [0.2, 0.25) is 0 Å². The molecule has 1 N–H and O–H groups in total. The lowest BCUT2D eigenvalue weighted by atomic mass is 10.1. The Morgan fingerprint density at radius 3 is 2.86 bits per heavy atom. The Labute approximate surface area is 128 Å². The molecule has 0 unspecified atom stereocenters. The summed E-state index contributed by atoms with van der Waals surface area (Å²) in [7, 11) is 1.51. The third kappa shape index (κ3) is 1.91. The van der Waals surface area contributed by atoms with Crippen molar-refractivity contribution in [2.24, 2.45) is 0 Å². The smallest absolute Gasteiger partial charge is 0.341 e. The number of nitrogens with zero attached hydrogens (tertiary/aromatic N) is 1. The van der Waals surface area contributed by atoms with Crippen LogP contribution in [0.1, 0.15) is 23.3 Å². The standard InChI is InChI=1S/C14H12BrNO5/c1-6-5-21-12-10(15)9(20-2)4-7-3-8(14(18)19)13(17)16(6)11(7)12/h3-4,6H,5H2,1-2H3,(H,18,19)/t6-/m0/s1. The zero-order valence-corrected chi connectivity index (χ0v) is 12.9. The molecular weight excluding hydrogens is 342 g/mol. The molecule has 6 nitrogen and oxygen atoms in total. The summed E-state index contributed by atoms with van der Waals surface area (Å²) < 4.78 is 13.0. The van der Waals surface area contributed by atoms with Gasteiger partial charge in [0.1, 0.15) is 22.4 Å². The topological polar surface area (TPSA) is 77.8 Å². The molecule has 0 radical (unpaired) electrons. The number of carboxylic acid groups (broad SMARTS) is 1. The summed E-state index contributed by atoms with van der Waals surface area (Å²) in [6.07, 6.45) is 0. The lowest BCUT2D eigenvalue weighted by Gasteiger charge is -2.27. The van der Waals surface area contributed by atoms with Crippen molar-refractivity contribution in [2.45, 2.75) is 13.0 Å². The lowest BCUT2D eigenvalue weighted by Crippen LogP contribution is -2.34. The molecule has 110 valence electrons. The van der Waals surface area contributed by atoms with E-state index in [2.05, 4.69) is 15.9 Å². The van der Waals surface area contributed by atoms with Crippen LogP contribution in [0, 0.1) is 0 Å². The van der Waals surface area contributed by atoms with Crippen LogP contribution in [0.3, 0.4) is 0 Å². The molecule has 1 aliphatic rings. The highest BCUT2D eigenvalue weighted by Gasteiger charge is 2.27. The lowest BCUT2D eigenvalue weighted by molar-refractivity contribution is 0.0694. The summed E-state index contributed by atoms with van der Waals surface area (Å²) in [5, 5.41) is 9.81. The number of aromatic carboxylic acids is 1. The molecule has 0 fully saturated rings. The molecule has 0 amide bonds. The normalized spacial score (nSPS) is 16.6. The number of rotatable bonds is 2. The van der Waals surface area contributed by atoms with E-state index in [-0.39, 0.29) is 18.2 Å². The molecule has 1 aliphatic heterocycles. The molecule has 1 aromatic heterocycles. The first-order valence-electron chi connectivity index (χ1n) is 6.27. The van der Waals surface area contributed by atoms with Crippen LogP contribution in [0.5, 0.6) is 11.5 Å². The first-order chi connectivity index (χ1) is 9.95. The molecule has 0 aliphatic carbocycles. The van der Waals surface area contributed by atoms with Crippen LogP contribution in [0.15, 0.2) is 21.4 Å². The van der Waals surface area contributed by atoms with Crippen LogP contribution in [-0.2, 0) is 0 Å². The molecule has 1 aromatic carbocycles. The monoisotopic (exact) mass is 353 g/mol. The molecule has 2 heterocycles. The number of pyridine rings is 1. The SMILES string of the molecule is COc1cc2cc(C(=O)O)c(=O)n3c2c(c1Br)OC[C@@H]3C. The van der Waals surface area contributed by atoms with E-state index in [0.717, 1.165) is 0 Å². The van der Waals surface area contributed by atoms with Crippen molar-refractivity contribution in [1.82, 2.24) is 4.57 Å². The third-order valence-corrected chi connectivity index (χ3v) is 4.29. The molecule has 1 atom stereocenters. The second-order valence-electron chi connectivity index (χ2n) is 4.86. The van der Waals surface area contributed by atoms with Gasteiger partial charge in [0, 0.05) is 5.39 Å². The Morgan fingerprint density at radius 2 is 2.24 bits per heavy atom. The predicted octanol–water partition coefficient (Wildman–Crippen LogP) is 2.42. The highest BCUT2D eigenvalue weighted by Crippen LogP contribution is 2.43. The summed E-state index contributed by atoms with van der Waals surface area (Å²) in [6, 6.07) is 2.80. The highest BCUT2D eigenvalue weighted by molar-refractivity contribution is 9.10. The fourth-order valence-corrected chi connectivity index (χ4v) is 3.14. The van der Waals surface area contributed by atoms with Crippen molar-refractivity contribution >= 4 is 32.8 Å². The van der Waals surface area contributed by atoms with E-state index in [1.807, 2.05) is 6.92 Å². The number of methoxy groups -OCH3 is 1. The molecular formula is C14H12BrNO5. The van der Waals surface area contributed by atoms with Crippen LogP contribution in [0.4, 0.5) is 0 Å². The number of halogens is 1. The zero-order valence-electron chi connectivity index (χ0n) is 11.3. The van der Waals surface area contributed by atoms with Gasteiger partial charge in [-0.3, -0.25) is 9.36 Å². The molecule has 0 saturated carbocycles. The average molecular weight is 354 g/mol. The van der Waals surface area contributed by atoms with E-state index in [4.69, 9.17) is 9.47 Å². The van der Waals surface area contributed by atoms with E-state index >= 15 is 0 Å². The summed E-state index contributed by atoms with van der Waals surface area (Å²) in [5.41, 5.74) is -0.202. The Hall–Kier alpha value is -2.02. The van der Waals surface area contributed by atoms with E-state index in [9.17, 15) is 14.7 Å². The molecule has 0 spiro atoms. The van der Waals surface area contributed by atoms with E-state index < -0.39 is 11.5 Å².